The van der Waals surface area contributed by atoms with Crippen molar-refractivity contribution in [3.8, 4) is 0 Å². The Morgan fingerprint density at radius 2 is 1.41 bits per heavy atom. The normalized spacial score (nSPS) is 18.5. The number of carbonyl (C=O) groups is 3. The summed E-state index contributed by atoms with van der Waals surface area (Å²) < 4.78 is 27.2. The number of hydrogen-bond donors (Lipinski definition) is 0. The maximum absolute atomic E-state index is 13.6. The number of hydrogen-bond acceptors (Lipinski definition) is 4. The van der Waals surface area contributed by atoms with Crippen LogP contribution in [0.1, 0.15) is 44.4 Å². The van der Waals surface area contributed by atoms with Crippen molar-refractivity contribution in [1.82, 2.24) is 14.7 Å². The maximum atomic E-state index is 13.6. The molecule has 2 heterocycles. The van der Waals surface area contributed by atoms with Crippen LogP contribution in [-0.2, 0) is 14.4 Å². The number of piperazine rings is 1. The first kappa shape index (κ1) is 26.7. The van der Waals surface area contributed by atoms with E-state index in [-0.39, 0.29) is 30.1 Å². The molecule has 37 heavy (non-hydrogen) atoms. The van der Waals surface area contributed by atoms with Crippen LogP contribution in [0, 0.1) is 17.0 Å². The molecule has 2 amide bonds. The van der Waals surface area contributed by atoms with E-state index in [9.17, 15) is 23.2 Å². The second-order valence-corrected chi connectivity index (χ2v) is 10.3. The summed E-state index contributed by atoms with van der Waals surface area (Å²) in [5.74, 6) is -1.98. The molecule has 2 aliphatic heterocycles. The number of amides is 2. The average molecular weight is 510 g/mol. The predicted octanol–water partition coefficient (Wildman–Crippen LogP) is 3.97. The molecule has 0 saturated carbocycles. The zero-order valence-corrected chi connectivity index (χ0v) is 21.5. The van der Waals surface area contributed by atoms with Gasteiger partial charge in [0.1, 0.15) is 17.7 Å². The number of halogens is 2. The molecule has 1 atom stereocenters. The van der Waals surface area contributed by atoms with Crippen LogP contribution >= 0.6 is 0 Å². The molecule has 0 spiro atoms. The molecule has 6 nitrogen and oxygen atoms in total. The fourth-order valence-corrected chi connectivity index (χ4v) is 4.82. The second-order valence-electron chi connectivity index (χ2n) is 10.3. The first-order valence-electron chi connectivity index (χ1n) is 12.7. The highest BCUT2D eigenvalue weighted by Gasteiger charge is 2.41. The zero-order valence-electron chi connectivity index (χ0n) is 21.5. The average Bonchev–Trinajstić information content (AvgIpc) is 3.40. The Hall–Kier alpha value is -3.39. The Bertz CT molecular complexity index is 1120. The van der Waals surface area contributed by atoms with Crippen LogP contribution in [-0.4, -0.2) is 71.1 Å². The Morgan fingerprint density at radius 3 is 1.89 bits per heavy atom. The minimum atomic E-state index is -0.791. The number of ketones is 1. The highest BCUT2D eigenvalue weighted by Crippen LogP contribution is 2.31. The third-order valence-corrected chi connectivity index (χ3v) is 7.53. The largest absolute Gasteiger partial charge is 0.338 e. The molecule has 0 bridgehead atoms. The Morgan fingerprint density at radius 1 is 0.892 bits per heavy atom. The summed E-state index contributed by atoms with van der Waals surface area (Å²) >= 11 is 0. The Labute approximate surface area is 216 Å². The first-order valence-corrected chi connectivity index (χ1v) is 12.7. The molecule has 196 valence electrons. The lowest BCUT2D eigenvalue weighted by molar-refractivity contribution is -0.152. The molecule has 2 aromatic rings. The molecule has 1 saturated heterocycles. The molecule has 0 aromatic heterocycles. The molecule has 2 aromatic carbocycles. The predicted molar refractivity (Wildman–Crippen MR) is 137 cm³/mol. The minimum Gasteiger partial charge on any atom is -0.338 e. The molecule has 8 heteroatoms. The minimum absolute atomic E-state index is 0.205. The van der Waals surface area contributed by atoms with E-state index in [2.05, 4.69) is 4.90 Å². The summed E-state index contributed by atoms with van der Waals surface area (Å²) in [6.07, 6.45) is 3.98. The molecule has 4 rings (SSSR count). The highest BCUT2D eigenvalue weighted by molar-refractivity contribution is 6.38. The van der Waals surface area contributed by atoms with E-state index in [0.717, 1.165) is 11.1 Å². The summed E-state index contributed by atoms with van der Waals surface area (Å²) in [6.45, 7) is 7.52. The van der Waals surface area contributed by atoms with Gasteiger partial charge in [-0.25, -0.2) is 8.78 Å². The van der Waals surface area contributed by atoms with Gasteiger partial charge in [0.2, 0.25) is 11.7 Å². The highest BCUT2D eigenvalue weighted by atomic mass is 19.1. The van der Waals surface area contributed by atoms with Gasteiger partial charge in [-0.15, -0.1) is 0 Å². The third-order valence-electron chi connectivity index (χ3n) is 7.53. The number of benzene rings is 2. The van der Waals surface area contributed by atoms with Crippen LogP contribution in [0.5, 0.6) is 0 Å². The second kappa shape index (κ2) is 10.9. The van der Waals surface area contributed by atoms with E-state index in [0.29, 0.717) is 32.6 Å². The lowest BCUT2D eigenvalue weighted by atomic mass is 9.84. The SMILES string of the molecule is CCC(C)(C)C(=O)C(=O)N1CC=C[C@H]1C(=O)N1CCN(C(c2ccc(F)cc2)c2ccc(F)cc2)CC1. The van der Waals surface area contributed by atoms with Crippen LogP contribution in [0.15, 0.2) is 60.7 Å². The van der Waals surface area contributed by atoms with Crippen molar-refractivity contribution in [3.63, 3.8) is 0 Å². The summed E-state index contributed by atoms with van der Waals surface area (Å²) in [4.78, 5) is 44.4. The summed E-state index contributed by atoms with van der Waals surface area (Å²) in [5.41, 5.74) is 0.967. The van der Waals surface area contributed by atoms with Gasteiger partial charge < -0.3 is 9.80 Å². The van der Waals surface area contributed by atoms with Crippen molar-refractivity contribution in [2.24, 2.45) is 5.41 Å². The van der Waals surface area contributed by atoms with Crippen LogP contribution < -0.4 is 0 Å². The molecule has 0 radical (unpaired) electrons. The molecule has 0 N–H and O–H groups in total. The van der Waals surface area contributed by atoms with Crippen LogP contribution in [0.2, 0.25) is 0 Å². The topological polar surface area (TPSA) is 60.9 Å². The van der Waals surface area contributed by atoms with Crippen molar-refractivity contribution in [2.45, 2.75) is 39.3 Å². The first-order chi connectivity index (χ1) is 17.6. The number of rotatable bonds is 7. The summed E-state index contributed by atoms with van der Waals surface area (Å²) in [5, 5.41) is 0. The number of carbonyl (C=O) groups excluding carboxylic acids is 3. The number of Topliss-reactive ketones (excluding diaryl/α,β-unsaturated/α-hetero) is 1. The monoisotopic (exact) mass is 509 g/mol. The van der Waals surface area contributed by atoms with E-state index in [1.54, 1.807) is 55.2 Å². The summed E-state index contributed by atoms with van der Waals surface area (Å²) in [7, 11) is 0. The molecule has 0 aliphatic carbocycles. The maximum Gasteiger partial charge on any atom is 0.291 e. The van der Waals surface area contributed by atoms with Gasteiger partial charge in [0.15, 0.2) is 0 Å². The molecular formula is C29H33F2N3O3. The van der Waals surface area contributed by atoms with E-state index in [1.165, 1.54) is 29.2 Å². The van der Waals surface area contributed by atoms with Gasteiger partial charge in [-0.2, -0.15) is 0 Å². The fraction of sp³-hybridized carbons (Fsp3) is 0.414. The van der Waals surface area contributed by atoms with Crippen LogP contribution in [0.3, 0.4) is 0 Å². The van der Waals surface area contributed by atoms with E-state index in [1.807, 2.05) is 6.92 Å². The van der Waals surface area contributed by atoms with Gasteiger partial charge in [-0.3, -0.25) is 19.3 Å². The van der Waals surface area contributed by atoms with Crippen LogP contribution in [0.25, 0.3) is 0 Å². The zero-order chi connectivity index (χ0) is 26.7. The van der Waals surface area contributed by atoms with Crippen molar-refractivity contribution in [3.05, 3.63) is 83.4 Å². The summed E-state index contributed by atoms with van der Waals surface area (Å²) in [6, 6.07) is 11.5. The molecule has 0 unspecified atom stereocenters. The van der Waals surface area contributed by atoms with Crippen molar-refractivity contribution < 1.29 is 23.2 Å². The lowest BCUT2D eigenvalue weighted by Gasteiger charge is -2.41. The van der Waals surface area contributed by atoms with E-state index < -0.39 is 23.1 Å². The fourth-order valence-electron chi connectivity index (χ4n) is 4.82. The van der Waals surface area contributed by atoms with E-state index >= 15 is 0 Å². The van der Waals surface area contributed by atoms with Crippen LogP contribution in [0.4, 0.5) is 8.78 Å². The standard InChI is InChI=1S/C29H33F2N3O3/c1-4-29(2,3)26(35)28(37)34-15-5-6-24(34)27(36)33-18-16-32(17-19-33)25(20-7-11-22(30)12-8-20)21-9-13-23(31)14-10-21/h5-14,24-25H,4,15-19H2,1-3H3/t24-/m0/s1. The molecular weight excluding hydrogens is 476 g/mol. The Balaban J connectivity index is 1.47. The number of nitrogens with zero attached hydrogens (tertiary/aromatic N) is 3. The van der Waals surface area contributed by atoms with Gasteiger partial charge >= 0.3 is 0 Å². The third kappa shape index (κ3) is 5.64. The van der Waals surface area contributed by atoms with Gasteiger partial charge in [0.25, 0.3) is 5.91 Å². The smallest absolute Gasteiger partial charge is 0.291 e. The molecule has 1 fully saturated rings. The lowest BCUT2D eigenvalue weighted by Crippen LogP contribution is -2.56. The van der Waals surface area contributed by atoms with Crippen molar-refractivity contribution in [2.75, 3.05) is 32.7 Å². The van der Waals surface area contributed by atoms with Gasteiger partial charge in [0, 0.05) is 38.1 Å². The Kier molecular flexibility index (Phi) is 7.87. The van der Waals surface area contributed by atoms with Gasteiger partial charge in [-0.05, 0) is 41.8 Å². The van der Waals surface area contributed by atoms with Crippen molar-refractivity contribution in [1.29, 1.82) is 0 Å². The quantitative estimate of drug-likeness (QED) is 0.419. The van der Waals surface area contributed by atoms with Gasteiger partial charge in [-0.1, -0.05) is 57.2 Å². The van der Waals surface area contributed by atoms with Crippen molar-refractivity contribution >= 4 is 17.6 Å². The molecule has 2 aliphatic rings. The van der Waals surface area contributed by atoms with Gasteiger partial charge in [0.05, 0.1) is 6.04 Å². The van der Waals surface area contributed by atoms with E-state index in [4.69, 9.17) is 0 Å².